The van der Waals surface area contributed by atoms with Crippen molar-refractivity contribution in [2.75, 3.05) is 0 Å². The molecule has 6 heteroatoms. The fraction of sp³-hybridized carbons (Fsp3) is 0.250. The summed E-state index contributed by atoms with van der Waals surface area (Å²) in [7, 11) is 1.90. The Morgan fingerprint density at radius 1 is 1.07 bits per heavy atom. The Kier molecular flexibility index (Phi) is 4.75. The first-order valence-electron chi connectivity index (χ1n) is 10.2. The van der Waals surface area contributed by atoms with Gasteiger partial charge in [-0.15, -0.1) is 0 Å². The van der Waals surface area contributed by atoms with Crippen LogP contribution < -0.4 is 4.74 Å². The summed E-state index contributed by atoms with van der Waals surface area (Å²) in [6, 6.07) is 11.7. The molecule has 1 fully saturated rings. The number of aromatic nitrogens is 4. The number of aryl methyl sites for hydroxylation is 1. The Bertz CT molecular complexity index is 1230. The van der Waals surface area contributed by atoms with Gasteiger partial charge in [-0.05, 0) is 48.4 Å². The number of hydrogen-bond donors (Lipinski definition) is 0. The molecule has 1 aliphatic rings. The number of ether oxygens (including phenoxy) is 1. The van der Waals surface area contributed by atoms with Crippen LogP contribution in [0.5, 0.6) is 5.88 Å². The Balaban J connectivity index is 1.36. The van der Waals surface area contributed by atoms with Crippen molar-refractivity contribution >= 4 is 16.6 Å². The molecule has 3 aromatic heterocycles. The number of carbonyl (C=O) groups excluding carboxylic acids is 1. The van der Waals surface area contributed by atoms with Gasteiger partial charge in [-0.25, -0.2) is 4.98 Å². The van der Waals surface area contributed by atoms with E-state index in [4.69, 9.17) is 4.74 Å². The number of pyridine rings is 2. The van der Waals surface area contributed by atoms with Gasteiger partial charge in [-0.3, -0.25) is 14.5 Å². The number of fused-ring (bicyclic) bond motifs is 1. The molecule has 0 aliphatic heterocycles. The largest absolute Gasteiger partial charge is 0.474 e. The lowest BCUT2D eigenvalue weighted by atomic mass is 9.96. The topological polar surface area (TPSA) is 69.9 Å². The Morgan fingerprint density at radius 3 is 2.73 bits per heavy atom. The van der Waals surface area contributed by atoms with Gasteiger partial charge >= 0.3 is 0 Å². The molecular formula is C24H22N4O2. The van der Waals surface area contributed by atoms with E-state index in [-0.39, 0.29) is 18.3 Å². The normalized spacial score (nSPS) is 13.9. The minimum Gasteiger partial charge on any atom is -0.474 e. The molecule has 0 atom stereocenters. The molecule has 0 spiro atoms. The molecule has 1 aliphatic carbocycles. The number of hydrogen-bond acceptors (Lipinski definition) is 5. The molecule has 3 heterocycles. The molecule has 0 radical (unpaired) electrons. The van der Waals surface area contributed by atoms with Crippen molar-refractivity contribution in [3.63, 3.8) is 0 Å². The summed E-state index contributed by atoms with van der Waals surface area (Å²) in [6.07, 6.45) is 11.1. The molecule has 1 saturated carbocycles. The van der Waals surface area contributed by atoms with Crippen LogP contribution in [0.15, 0.2) is 61.2 Å². The summed E-state index contributed by atoms with van der Waals surface area (Å²) >= 11 is 0. The van der Waals surface area contributed by atoms with Gasteiger partial charge in [-0.2, -0.15) is 5.10 Å². The molecule has 30 heavy (non-hydrogen) atoms. The zero-order valence-electron chi connectivity index (χ0n) is 16.8. The second-order valence-corrected chi connectivity index (χ2v) is 7.79. The predicted octanol–water partition coefficient (Wildman–Crippen LogP) is 4.39. The van der Waals surface area contributed by atoms with E-state index in [1.165, 1.54) is 6.42 Å². The monoisotopic (exact) mass is 398 g/mol. The lowest BCUT2D eigenvalue weighted by Gasteiger charge is -2.25. The molecule has 0 bridgehead atoms. The highest BCUT2D eigenvalue weighted by Gasteiger charge is 2.20. The molecule has 0 unspecified atom stereocenters. The van der Waals surface area contributed by atoms with E-state index in [0.717, 1.165) is 40.4 Å². The van der Waals surface area contributed by atoms with E-state index < -0.39 is 0 Å². The number of carbonyl (C=O) groups is 1. The molecular weight excluding hydrogens is 376 g/mol. The van der Waals surface area contributed by atoms with Crippen LogP contribution in [0.3, 0.4) is 0 Å². The molecule has 5 rings (SSSR count). The van der Waals surface area contributed by atoms with Crippen LogP contribution in [0.25, 0.3) is 21.9 Å². The second-order valence-electron chi connectivity index (χ2n) is 7.79. The minimum atomic E-state index is 0.00567. The smallest absolute Gasteiger partial charge is 0.214 e. The Labute approximate surface area is 174 Å². The summed E-state index contributed by atoms with van der Waals surface area (Å²) in [5.41, 5.74) is 3.50. The summed E-state index contributed by atoms with van der Waals surface area (Å²) in [4.78, 5) is 21.6. The van der Waals surface area contributed by atoms with Crippen LogP contribution in [0.2, 0.25) is 0 Å². The summed E-state index contributed by atoms with van der Waals surface area (Å²) in [5, 5.41) is 6.34. The molecule has 0 N–H and O–H groups in total. The van der Waals surface area contributed by atoms with E-state index in [0.29, 0.717) is 11.4 Å². The van der Waals surface area contributed by atoms with Crippen molar-refractivity contribution < 1.29 is 9.53 Å². The molecule has 6 nitrogen and oxygen atoms in total. The summed E-state index contributed by atoms with van der Waals surface area (Å²) in [5.74, 6) is 0.532. The predicted molar refractivity (Wildman–Crippen MR) is 114 cm³/mol. The van der Waals surface area contributed by atoms with E-state index in [2.05, 4.69) is 27.2 Å². The molecule has 1 aromatic carbocycles. The zero-order valence-corrected chi connectivity index (χ0v) is 16.8. The number of benzene rings is 1. The maximum absolute atomic E-state index is 12.8. The van der Waals surface area contributed by atoms with Gasteiger partial charge in [-0.1, -0.05) is 12.1 Å². The van der Waals surface area contributed by atoms with E-state index in [1.807, 2.05) is 37.8 Å². The number of ketones is 1. The van der Waals surface area contributed by atoms with Gasteiger partial charge in [0.2, 0.25) is 5.88 Å². The van der Waals surface area contributed by atoms with Crippen LogP contribution in [0.4, 0.5) is 0 Å². The van der Waals surface area contributed by atoms with Crippen LogP contribution in [0, 0.1) is 0 Å². The van der Waals surface area contributed by atoms with Crippen molar-refractivity contribution in [3.8, 4) is 17.0 Å². The van der Waals surface area contributed by atoms with Gasteiger partial charge in [0.1, 0.15) is 6.10 Å². The van der Waals surface area contributed by atoms with Gasteiger partial charge in [0.25, 0.3) is 0 Å². The summed E-state index contributed by atoms with van der Waals surface area (Å²) < 4.78 is 7.61. The third kappa shape index (κ3) is 3.81. The summed E-state index contributed by atoms with van der Waals surface area (Å²) in [6.45, 7) is 0. The second kappa shape index (κ2) is 7.71. The van der Waals surface area contributed by atoms with Gasteiger partial charge in [0, 0.05) is 53.9 Å². The lowest BCUT2D eigenvalue weighted by Crippen LogP contribution is -2.25. The van der Waals surface area contributed by atoms with Crippen molar-refractivity contribution in [1.29, 1.82) is 0 Å². The SMILES string of the molecule is Cn1cc(-c2ccc3cnc(CC(=O)c4ccnc(OC5CCC5)c4)cc3c2)cn1. The third-order valence-corrected chi connectivity index (χ3v) is 5.55. The number of nitrogens with zero attached hydrogens (tertiary/aromatic N) is 4. The number of Topliss-reactive ketones (excluding diaryl/α,β-unsaturated/α-hetero) is 1. The average Bonchev–Trinajstić information content (AvgIpc) is 3.17. The molecule has 0 saturated heterocycles. The minimum absolute atomic E-state index is 0.00567. The maximum atomic E-state index is 12.8. The highest BCUT2D eigenvalue weighted by atomic mass is 16.5. The first-order valence-corrected chi connectivity index (χ1v) is 10.2. The van der Waals surface area contributed by atoms with Gasteiger partial charge in [0.05, 0.1) is 12.6 Å². The van der Waals surface area contributed by atoms with Crippen LogP contribution >= 0.6 is 0 Å². The molecule has 4 aromatic rings. The van der Waals surface area contributed by atoms with Crippen molar-refractivity contribution in [2.24, 2.45) is 7.05 Å². The standard InChI is InChI=1S/C24H22N4O2/c1-28-15-20(14-27-28)16-5-6-18-13-26-21(10-19(18)9-16)12-23(29)17-7-8-25-24(11-17)30-22-3-2-4-22/h5-11,13-15,22H,2-4,12H2,1H3. The van der Waals surface area contributed by atoms with E-state index in [1.54, 1.807) is 23.0 Å². The fourth-order valence-electron chi connectivity index (χ4n) is 3.61. The maximum Gasteiger partial charge on any atom is 0.214 e. The van der Waals surface area contributed by atoms with Crippen molar-refractivity contribution in [1.82, 2.24) is 19.7 Å². The Morgan fingerprint density at radius 2 is 1.97 bits per heavy atom. The third-order valence-electron chi connectivity index (χ3n) is 5.55. The molecule has 0 amide bonds. The van der Waals surface area contributed by atoms with E-state index in [9.17, 15) is 4.79 Å². The van der Waals surface area contributed by atoms with Crippen molar-refractivity contribution in [3.05, 3.63) is 72.4 Å². The first-order chi connectivity index (χ1) is 14.6. The lowest BCUT2D eigenvalue weighted by molar-refractivity contribution is 0.0986. The highest BCUT2D eigenvalue weighted by molar-refractivity contribution is 5.98. The zero-order chi connectivity index (χ0) is 20.5. The van der Waals surface area contributed by atoms with E-state index >= 15 is 0 Å². The van der Waals surface area contributed by atoms with Crippen molar-refractivity contribution in [2.45, 2.75) is 31.8 Å². The van der Waals surface area contributed by atoms with Crippen LogP contribution in [-0.4, -0.2) is 31.6 Å². The number of rotatable bonds is 6. The van der Waals surface area contributed by atoms with Gasteiger partial charge in [0.15, 0.2) is 5.78 Å². The fourth-order valence-corrected chi connectivity index (χ4v) is 3.61. The van der Waals surface area contributed by atoms with Crippen LogP contribution in [0.1, 0.15) is 35.3 Å². The van der Waals surface area contributed by atoms with Gasteiger partial charge < -0.3 is 4.74 Å². The first kappa shape index (κ1) is 18.5. The highest BCUT2D eigenvalue weighted by Crippen LogP contribution is 2.26. The average molecular weight is 398 g/mol. The molecule has 150 valence electrons. The Hall–Kier alpha value is -3.54. The quantitative estimate of drug-likeness (QED) is 0.451. The van der Waals surface area contributed by atoms with Crippen LogP contribution in [-0.2, 0) is 13.5 Å².